The summed E-state index contributed by atoms with van der Waals surface area (Å²) < 4.78 is 0. The molecule has 0 aromatic heterocycles. The average molecular weight is 253 g/mol. The van der Waals surface area contributed by atoms with E-state index in [4.69, 9.17) is 0 Å². The van der Waals surface area contributed by atoms with Gasteiger partial charge in [0.2, 0.25) is 0 Å². The van der Waals surface area contributed by atoms with E-state index in [1.54, 1.807) is 5.57 Å². The molecule has 0 aromatic rings. The molecule has 0 saturated carbocycles. The van der Waals surface area contributed by atoms with Crippen molar-refractivity contribution >= 4 is 0 Å². The van der Waals surface area contributed by atoms with E-state index in [1.165, 1.54) is 71.0 Å². The van der Waals surface area contributed by atoms with E-state index in [-0.39, 0.29) is 0 Å². The van der Waals surface area contributed by atoms with Crippen LogP contribution in [-0.2, 0) is 0 Å². The normalized spacial score (nSPS) is 12.4. The monoisotopic (exact) mass is 253 g/mol. The van der Waals surface area contributed by atoms with Crippen LogP contribution in [0.2, 0.25) is 0 Å². The molecule has 0 saturated heterocycles. The highest BCUT2D eigenvalue weighted by Crippen LogP contribution is 2.13. The van der Waals surface area contributed by atoms with E-state index < -0.39 is 0 Å². The van der Waals surface area contributed by atoms with Gasteiger partial charge in [-0.15, -0.1) is 0 Å². The fourth-order valence-electron chi connectivity index (χ4n) is 2.50. The first-order chi connectivity index (χ1) is 8.78. The standard InChI is InChI=1S/C17H35N/c1-5-9-10-11-13-17(12-6-2)16-18(14-7-3)15-8-4/h12H,5-11,13-16H2,1-4H3/b17-12+. The number of allylic oxidation sites excluding steroid dienone is 1. The fourth-order valence-corrected chi connectivity index (χ4v) is 2.50. The minimum absolute atomic E-state index is 1.19. The quantitative estimate of drug-likeness (QED) is 0.332. The molecule has 0 heterocycles. The first-order valence-electron chi connectivity index (χ1n) is 8.18. The third-order valence-electron chi connectivity index (χ3n) is 3.35. The molecule has 1 heteroatoms. The first kappa shape index (κ1) is 17.7. The Labute approximate surface area is 116 Å². The predicted molar refractivity (Wildman–Crippen MR) is 84.2 cm³/mol. The smallest absolute Gasteiger partial charge is 0.0192 e. The van der Waals surface area contributed by atoms with Gasteiger partial charge in [-0.2, -0.15) is 0 Å². The lowest BCUT2D eigenvalue weighted by Crippen LogP contribution is -2.27. The van der Waals surface area contributed by atoms with Gasteiger partial charge in [0.15, 0.2) is 0 Å². The Hall–Kier alpha value is -0.300. The molecular formula is C17H35N. The van der Waals surface area contributed by atoms with E-state index in [1.807, 2.05) is 0 Å². The SMILES string of the molecule is CC/C=C(\CCCCCC)CN(CCC)CCC. The van der Waals surface area contributed by atoms with Crippen molar-refractivity contribution in [3.8, 4) is 0 Å². The number of rotatable bonds is 12. The maximum Gasteiger partial charge on any atom is 0.0192 e. The van der Waals surface area contributed by atoms with Gasteiger partial charge in [0, 0.05) is 6.54 Å². The molecule has 0 amide bonds. The highest BCUT2D eigenvalue weighted by Gasteiger charge is 2.05. The zero-order chi connectivity index (χ0) is 13.6. The van der Waals surface area contributed by atoms with Crippen LogP contribution in [0.5, 0.6) is 0 Å². The van der Waals surface area contributed by atoms with Gasteiger partial charge in [-0.05, 0) is 45.2 Å². The van der Waals surface area contributed by atoms with E-state index in [2.05, 4.69) is 38.7 Å². The fraction of sp³-hybridized carbons (Fsp3) is 0.882. The molecule has 0 aromatic carbocycles. The molecule has 0 aliphatic rings. The molecule has 0 N–H and O–H groups in total. The Morgan fingerprint density at radius 3 is 2.00 bits per heavy atom. The summed E-state index contributed by atoms with van der Waals surface area (Å²) in [5, 5.41) is 0. The molecule has 1 nitrogen and oxygen atoms in total. The molecule has 0 aliphatic heterocycles. The van der Waals surface area contributed by atoms with Gasteiger partial charge in [-0.3, -0.25) is 4.90 Å². The van der Waals surface area contributed by atoms with Crippen molar-refractivity contribution in [3.63, 3.8) is 0 Å². The second-order valence-electron chi connectivity index (χ2n) is 5.36. The van der Waals surface area contributed by atoms with Crippen LogP contribution >= 0.6 is 0 Å². The zero-order valence-electron chi connectivity index (χ0n) is 13.3. The van der Waals surface area contributed by atoms with Crippen LogP contribution in [0.1, 0.15) is 79.1 Å². The topological polar surface area (TPSA) is 3.24 Å². The summed E-state index contributed by atoms with van der Waals surface area (Å²) in [6.07, 6.45) is 13.0. The summed E-state index contributed by atoms with van der Waals surface area (Å²) in [6.45, 7) is 12.8. The maximum absolute atomic E-state index is 2.63. The van der Waals surface area contributed by atoms with Crippen molar-refractivity contribution < 1.29 is 0 Å². The van der Waals surface area contributed by atoms with E-state index in [0.717, 1.165) is 0 Å². The number of hydrogen-bond donors (Lipinski definition) is 0. The van der Waals surface area contributed by atoms with Crippen molar-refractivity contribution in [3.05, 3.63) is 11.6 Å². The molecule has 0 atom stereocenters. The van der Waals surface area contributed by atoms with Gasteiger partial charge in [-0.25, -0.2) is 0 Å². The third-order valence-corrected chi connectivity index (χ3v) is 3.35. The zero-order valence-corrected chi connectivity index (χ0v) is 13.3. The molecule has 108 valence electrons. The Balaban J connectivity index is 4.09. The van der Waals surface area contributed by atoms with E-state index in [9.17, 15) is 0 Å². The van der Waals surface area contributed by atoms with E-state index >= 15 is 0 Å². The largest absolute Gasteiger partial charge is 0.299 e. The second-order valence-corrected chi connectivity index (χ2v) is 5.36. The average Bonchev–Trinajstić information content (AvgIpc) is 2.35. The highest BCUT2D eigenvalue weighted by molar-refractivity contribution is 5.04. The van der Waals surface area contributed by atoms with Crippen LogP contribution in [0.25, 0.3) is 0 Å². The van der Waals surface area contributed by atoms with Crippen molar-refractivity contribution in [2.24, 2.45) is 0 Å². The molecule has 0 bridgehead atoms. The first-order valence-corrected chi connectivity index (χ1v) is 8.18. The lowest BCUT2D eigenvalue weighted by molar-refractivity contribution is 0.293. The summed E-state index contributed by atoms with van der Waals surface area (Å²) in [7, 11) is 0. The van der Waals surface area contributed by atoms with Gasteiger partial charge in [-0.1, -0.05) is 58.6 Å². The van der Waals surface area contributed by atoms with Crippen LogP contribution in [0.3, 0.4) is 0 Å². The minimum atomic E-state index is 1.19. The van der Waals surface area contributed by atoms with Gasteiger partial charge >= 0.3 is 0 Å². The Bertz CT molecular complexity index is 190. The van der Waals surface area contributed by atoms with E-state index in [0.29, 0.717) is 0 Å². The van der Waals surface area contributed by atoms with Gasteiger partial charge in [0.05, 0.1) is 0 Å². The summed E-state index contributed by atoms with van der Waals surface area (Å²) in [4.78, 5) is 2.63. The van der Waals surface area contributed by atoms with Crippen LogP contribution in [0.15, 0.2) is 11.6 Å². The predicted octanol–water partition coefficient (Wildman–Crippen LogP) is 5.42. The Morgan fingerprint density at radius 1 is 0.833 bits per heavy atom. The summed E-state index contributed by atoms with van der Waals surface area (Å²) >= 11 is 0. The van der Waals surface area contributed by atoms with Crippen molar-refractivity contribution in [2.75, 3.05) is 19.6 Å². The van der Waals surface area contributed by atoms with Crippen molar-refractivity contribution in [1.29, 1.82) is 0 Å². The van der Waals surface area contributed by atoms with Gasteiger partial charge in [0.1, 0.15) is 0 Å². The Kier molecular flexibility index (Phi) is 12.9. The lowest BCUT2D eigenvalue weighted by Gasteiger charge is -2.22. The van der Waals surface area contributed by atoms with Crippen molar-refractivity contribution in [1.82, 2.24) is 4.90 Å². The van der Waals surface area contributed by atoms with Crippen LogP contribution in [0.4, 0.5) is 0 Å². The number of nitrogens with zero attached hydrogens (tertiary/aromatic N) is 1. The number of unbranched alkanes of at least 4 members (excludes halogenated alkanes) is 3. The maximum atomic E-state index is 2.63. The molecular weight excluding hydrogens is 218 g/mol. The Morgan fingerprint density at radius 2 is 1.50 bits per heavy atom. The van der Waals surface area contributed by atoms with Gasteiger partial charge < -0.3 is 0 Å². The lowest BCUT2D eigenvalue weighted by atomic mass is 10.0. The van der Waals surface area contributed by atoms with Crippen molar-refractivity contribution in [2.45, 2.75) is 79.1 Å². The molecule has 0 aliphatic carbocycles. The number of hydrogen-bond acceptors (Lipinski definition) is 1. The summed E-state index contributed by atoms with van der Waals surface area (Å²) in [5.74, 6) is 0. The third kappa shape index (κ3) is 9.70. The highest BCUT2D eigenvalue weighted by atomic mass is 15.1. The molecule has 0 rings (SSSR count). The summed E-state index contributed by atoms with van der Waals surface area (Å²) in [5.41, 5.74) is 1.68. The van der Waals surface area contributed by atoms with Crippen LogP contribution in [0, 0.1) is 0 Å². The summed E-state index contributed by atoms with van der Waals surface area (Å²) in [6, 6.07) is 0. The van der Waals surface area contributed by atoms with Crippen LogP contribution < -0.4 is 0 Å². The minimum Gasteiger partial charge on any atom is -0.299 e. The molecule has 0 unspecified atom stereocenters. The van der Waals surface area contributed by atoms with Crippen LogP contribution in [-0.4, -0.2) is 24.5 Å². The second kappa shape index (κ2) is 13.1. The molecule has 0 spiro atoms. The molecule has 18 heavy (non-hydrogen) atoms. The molecule has 0 radical (unpaired) electrons. The molecule has 0 fully saturated rings. The van der Waals surface area contributed by atoms with Gasteiger partial charge in [0.25, 0.3) is 0 Å².